The third-order valence-electron chi connectivity index (χ3n) is 5.02. The van der Waals surface area contributed by atoms with E-state index in [-0.39, 0.29) is 17.7 Å². The molecule has 3 amide bonds. The number of nitrogens with two attached hydrogens (primary N) is 1. The monoisotopic (exact) mass is 394 g/mol. The summed E-state index contributed by atoms with van der Waals surface area (Å²) in [6.45, 7) is 2.88. The number of nitrogens with zero attached hydrogens (tertiary/aromatic N) is 1. The summed E-state index contributed by atoms with van der Waals surface area (Å²) in [5.74, 6) is -0.445. The molecule has 0 radical (unpaired) electrons. The van der Waals surface area contributed by atoms with E-state index < -0.39 is 6.04 Å². The molecule has 1 heterocycles. The Kier molecular flexibility index (Phi) is 6.61. The number of nitrogens with one attached hydrogen (secondary N) is 2. The lowest BCUT2D eigenvalue weighted by molar-refractivity contribution is -0.120. The van der Waals surface area contributed by atoms with Crippen LogP contribution in [0.25, 0.3) is 0 Å². The number of hydrogen-bond donors (Lipinski definition) is 3. The quantitative estimate of drug-likeness (QED) is 0.697. The molecule has 2 aromatic rings. The van der Waals surface area contributed by atoms with Crippen molar-refractivity contribution in [2.75, 3.05) is 11.9 Å². The van der Waals surface area contributed by atoms with E-state index in [0.717, 1.165) is 17.5 Å². The molecule has 152 valence electrons. The summed E-state index contributed by atoms with van der Waals surface area (Å²) in [5, 5.41) is 5.62. The summed E-state index contributed by atoms with van der Waals surface area (Å²) in [6, 6.07) is 14.0. The molecule has 1 fully saturated rings. The molecule has 1 aliphatic heterocycles. The van der Waals surface area contributed by atoms with E-state index in [1.807, 2.05) is 36.4 Å². The second-order valence-corrected chi connectivity index (χ2v) is 7.15. The van der Waals surface area contributed by atoms with Crippen LogP contribution in [0.4, 0.5) is 5.69 Å². The number of likely N-dealkylation sites (tertiary alicyclic amines) is 1. The summed E-state index contributed by atoms with van der Waals surface area (Å²) in [4.78, 5) is 38.3. The zero-order valence-corrected chi connectivity index (χ0v) is 16.5. The van der Waals surface area contributed by atoms with Gasteiger partial charge in [-0.2, -0.15) is 0 Å². The van der Waals surface area contributed by atoms with Crippen molar-refractivity contribution in [2.24, 2.45) is 5.73 Å². The predicted octanol–water partition coefficient (Wildman–Crippen LogP) is 2.02. The lowest BCUT2D eigenvalue weighted by Crippen LogP contribution is -2.43. The largest absolute Gasteiger partial charge is 0.352 e. The molecule has 0 spiro atoms. The van der Waals surface area contributed by atoms with Crippen molar-refractivity contribution in [3.63, 3.8) is 0 Å². The summed E-state index contributed by atoms with van der Waals surface area (Å²) in [7, 11) is 0. The first kappa shape index (κ1) is 20.5. The molecule has 3 rings (SSSR count). The van der Waals surface area contributed by atoms with E-state index >= 15 is 0 Å². The fraction of sp³-hybridized carbons (Fsp3) is 0.318. The van der Waals surface area contributed by atoms with E-state index in [2.05, 4.69) is 10.6 Å². The predicted molar refractivity (Wildman–Crippen MR) is 111 cm³/mol. The summed E-state index contributed by atoms with van der Waals surface area (Å²) >= 11 is 0. The highest BCUT2D eigenvalue weighted by Crippen LogP contribution is 2.22. The first-order valence-electron chi connectivity index (χ1n) is 9.72. The Labute approximate surface area is 170 Å². The molecule has 0 aliphatic carbocycles. The zero-order valence-electron chi connectivity index (χ0n) is 16.5. The molecule has 0 aromatic heterocycles. The molecule has 0 bridgehead atoms. The average Bonchev–Trinajstić information content (AvgIpc) is 3.22. The molecule has 0 saturated carbocycles. The lowest BCUT2D eigenvalue weighted by Gasteiger charge is -2.24. The molecule has 29 heavy (non-hydrogen) atoms. The molecular weight excluding hydrogens is 368 g/mol. The van der Waals surface area contributed by atoms with Crippen LogP contribution in [-0.4, -0.2) is 35.2 Å². The van der Waals surface area contributed by atoms with Crippen molar-refractivity contribution >= 4 is 23.4 Å². The molecule has 1 aliphatic rings. The minimum absolute atomic E-state index is 0.103. The van der Waals surface area contributed by atoms with Crippen molar-refractivity contribution in [3.05, 3.63) is 65.2 Å². The summed E-state index contributed by atoms with van der Waals surface area (Å²) in [6.07, 6.45) is 1.43. The molecular formula is C22H26N4O3. The van der Waals surface area contributed by atoms with Gasteiger partial charge < -0.3 is 21.3 Å². The topological polar surface area (TPSA) is 105 Å². The van der Waals surface area contributed by atoms with Gasteiger partial charge >= 0.3 is 0 Å². The van der Waals surface area contributed by atoms with E-state index in [4.69, 9.17) is 5.73 Å². The third kappa shape index (κ3) is 5.20. The van der Waals surface area contributed by atoms with Gasteiger partial charge in [0.25, 0.3) is 5.91 Å². The maximum atomic E-state index is 12.9. The van der Waals surface area contributed by atoms with Gasteiger partial charge in [-0.15, -0.1) is 0 Å². The fourth-order valence-corrected chi connectivity index (χ4v) is 3.39. The summed E-state index contributed by atoms with van der Waals surface area (Å²) < 4.78 is 0. The number of amides is 3. The van der Waals surface area contributed by atoms with Gasteiger partial charge in [0.1, 0.15) is 6.04 Å². The SMILES string of the molecule is CC(=O)NCc1ccc(C(=O)N2CCCC2C(=O)Nc2ccc(CN)cc2)cc1. The number of benzene rings is 2. The Morgan fingerprint density at radius 2 is 1.69 bits per heavy atom. The van der Waals surface area contributed by atoms with Crippen molar-refractivity contribution in [3.8, 4) is 0 Å². The highest BCUT2D eigenvalue weighted by molar-refractivity contribution is 6.01. The third-order valence-corrected chi connectivity index (χ3v) is 5.02. The van der Waals surface area contributed by atoms with Crippen molar-refractivity contribution in [1.82, 2.24) is 10.2 Å². The molecule has 2 aromatic carbocycles. The molecule has 1 unspecified atom stereocenters. The van der Waals surface area contributed by atoms with Crippen LogP contribution in [0.5, 0.6) is 0 Å². The maximum Gasteiger partial charge on any atom is 0.254 e. The van der Waals surface area contributed by atoms with Crippen molar-refractivity contribution < 1.29 is 14.4 Å². The van der Waals surface area contributed by atoms with Crippen molar-refractivity contribution in [2.45, 2.75) is 38.9 Å². The van der Waals surface area contributed by atoms with E-state index in [0.29, 0.717) is 37.3 Å². The number of hydrogen-bond acceptors (Lipinski definition) is 4. The van der Waals surface area contributed by atoms with Crippen LogP contribution in [0.2, 0.25) is 0 Å². The van der Waals surface area contributed by atoms with Crippen LogP contribution in [0.1, 0.15) is 41.3 Å². The highest BCUT2D eigenvalue weighted by Gasteiger charge is 2.34. The van der Waals surface area contributed by atoms with Gasteiger partial charge in [-0.05, 0) is 48.2 Å². The fourth-order valence-electron chi connectivity index (χ4n) is 3.39. The first-order valence-corrected chi connectivity index (χ1v) is 9.72. The number of anilines is 1. The molecule has 7 nitrogen and oxygen atoms in total. The van der Waals surface area contributed by atoms with Gasteiger partial charge in [0.05, 0.1) is 0 Å². The van der Waals surface area contributed by atoms with E-state index in [1.54, 1.807) is 17.0 Å². The molecule has 7 heteroatoms. The number of rotatable bonds is 6. The smallest absolute Gasteiger partial charge is 0.254 e. The Balaban J connectivity index is 1.64. The van der Waals surface area contributed by atoms with Crippen molar-refractivity contribution in [1.29, 1.82) is 0 Å². The Morgan fingerprint density at radius 1 is 1.03 bits per heavy atom. The van der Waals surface area contributed by atoms with E-state index in [1.165, 1.54) is 6.92 Å². The summed E-state index contributed by atoms with van der Waals surface area (Å²) in [5.41, 5.74) is 8.72. The van der Waals surface area contributed by atoms with Gasteiger partial charge in [0.2, 0.25) is 11.8 Å². The second kappa shape index (κ2) is 9.34. The Hall–Kier alpha value is -3.19. The van der Waals surface area contributed by atoms with Crippen LogP contribution in [-0.2, 0) is 22.7 Å². The normalized spacial score (nSPS) is 15.8. The minimum atomic E-state index is -0.490. The van der Waals surface area contributed by atoms with Crippen LogP contribution in [0.15, 0.2) is 48.5 Å². The van der Waals surface area contributed by atoms with Gasteiger partial charge in [-0.3, -0.25) is 14.4 Å². The highest BCUT2D eigenvalue weighted by atomic mass is 16.2. The van der Waals surface area contributed by atoms with Gasteiger partial charge in [-0.25, -0.2) is 0 Å². The number of carbonyl (C=O) groups is 3. The molecule has 1 atom stereocenters. The zero-order chi connectivity index (χ0) is 20.8. The average molecular weight is 394 g/mol. The lowest BCUT2D eigenvalue weighted by atomic mass is 10.1. The molecule has 1 saturated heterocycles. The van der Waals surface area contributed by atoms with Crippen LogP contribution < -0.4 is 16.4 Å². The van der Waals surface area contributed by atoms with Gasteiger partial charge in [0.15, 0.2) is 0 Å². The maximum absolute atomic E-state index is 12.9. The van der Waals surface area contributed by atoms with Crippen LogP contribution in [0.3, 0.4) is 0 Å². The standard InChI is InChI=1S/C22H26N4O3/c1-15(27)24-14-17-4-8-18(9-5-17)22(29)26-12-2-3-20(26)21(28)25-19-10-6-16(13-23)7-11-19/h4-11,20H,2-3,12-14,23H2,1H3,(H,24,27)(H,25,28). The first-order chi connectivity index (χ1) is 14.0. The van der Waals surface area contributed by atoms with Gasteiger partial charge in [-0.1, -0.05) is 24.3 Å². The number of carbonyl (C=O) groups excluding carboxylic acids is 3. The minimum Gasteiger partial charge on any atom is -0.352 e. The Morgan fingerprint density at radius 3 is 2.31 bits per heavy atom. The van der Waals surface area contributed by atoms with Crippen LogP contribution in [0, 0.1) is 0 Å². The van der Waals surface area contributed by atoms with E-state index in [9.17, 15) is 14.4 Å². The molecule has 4 N–H and O–H groups in total. The second-order valence-electron chi connectivity index (χ2n) is 7.15. The van der Waals surface area contributed by atoms with Gasteiger partial charge in [0, 0.05) is 37.8 Å². The van der Waals surface area contributed by atoms with Crippen LogP contribution >= 0.6 is 0 Å². The Bertz CT molecular complexity index is 878.